The smallest absolute Gasteiger partial charge is 0.213 e. The molecule has 0 unspecified atom stereocenters. The molecule has 0 aliphatic rings. The van der Waals surface area contributed by atoms with Crippen LogP contribution in [0.5, 0.6) is 0 Å². The number of hydrogen-bond acceptors (Lipinski definition) is 2. The summed E-state index contributed by atoms with van der Waals surface area (Å²) in [6.45, 7) is 0. The van der Waals surface area contributed by atoms with Crippen LogP contribution in [0.25, 0.3) is 12.2 Å². The maximum absolute atomic E-state index is 4.83. The molecule has 0 aliphatic heterocycles. The first kappa shape index (κ1) is 8.90. The molecule has 2 aromatic rings. The molecule has 0 saturated carbocycles. The summed E-state index contributed by atoms with van der Waals surface area (Å²) >= 11 is 4.83. The van der Waals surface area contributed by atoms with Crippen LogP contribution in [0.15, 0.2) is 30.3 Å². The van der Waals surface area contributed by atoms with Crippen molar-refractivity contribution >= 4 is 24.4 Å². The Bertz CT molecular complexity index is 481. The summed E-state index contributed by atoms with van der Waals surface area (Å²) in [6, 6.07) is 10.0. The third-order valence-corrected chi connectivity index (χ3v) is 1.95. The van der Waals surface area contributed by atoms with Crippen LogP contribution < -0.4 is 0 Å². The van der Waals surface area contributed by atoms with Gasteiger partial charge in [0.2, 0.25) is 4.77 Å². The number of hydrogen-bond donors (Lipinski definition) is 2. The van der Waals surface area contributed by atoms with Gasteiger partial charge in [0.25, 0.3) is 0 Å². The summed E-state index contributed by atoms with van der Waals surface area (Å²) < 4.78 is 0.470. The molecule has 14 heavy (non-hydrogen) atoms. The standard InChI is InChI=1S/C10H9N3S/c14-10-11-9(12-13-10)7-6-8-4-2-1-3-5-8/h1-7H,(H2,11,12,13,14). The number of rotatable bonds is 2. The molecule has 2 rings (SSSR count). The van der Waals surface area contributed by atoms with Gasteiger partial charge in [0, 0.05) is 0 Å². The third-order valence-electron chi connectivity index (χ3n) is 1.75. The molecule has 2 N–H and O–H groups in total. The molecule has 0 aliphatic carbocycles. The van der Waals surface area contributed by atoms with E-state index in [1.807, 2.05) is 42.5 Å². The summed E-state index contributed by atoms with van der Waals surface area (Å²) in [6.07, 6.45) is 3.85. The largest absolute Gasteiger partial charge is 0.282 e. The third kappa shape index (κ3) is 2.17. The van der Waals surface area contributed by atoms with E-state index >= 15 is 0 Å². The Morgan fingerprint density at radius 3 is 2.50 bits per heavy atom. The normalized spacial score (nSPS) is 10.9. The van der Waals surface area contributed by atoms with E-state index in [9.17, 15) is 0 Å². The van der Waals surface area contributed by atoms with Gasteiger partial charge in [0.05, 0.1) is 0 Å². The number of aromatic nitrogens is 3. The number of benzene rings is 1. The lowest BCUT2D eigenvalue weighted by Crippen LogP contribution is -1.74. The lowest BCUT2D eigenvalue weighted by atomic mass is 10.2. The van der Waals surface area contributed by atoms with Gasteiger partial charge in [-0.1, -0.05) is 36.4 Å². The zero-order valence-electron chi connectivity index (χ0n) is 7.40. The molecule has 1 heterocycles. The maximum atomic E-state index is 4.83. The Morgan fingerprint density at radius 1 is 1.07 bits per heavy atom. The van der Waals surface area contributed by atoms with Gasteiger partial charge in [-0.2, -0.15) is 0 Å². The lowest BCUT2D eigenvalue weighted by molar-refractivity contribution is 1.07. The topological polar surface area (TPSA) is 44.5 Å². The monoisotopic (exact) mass is 203 g/mol. The number of aromatic amines is 2. The molecular weight excluding hydrogens is 194 g/mol. The average molecular weight is 203 g/mol. The lowest BCUT2D eigenvalue weighted by Gasteiger charge is -1.89. The second-order valence-electron chi connectivity index (χ2n) is 2.80. The van der Waals surface area contributed by atoms with Crippen molar-refractivity contribution in [2.45, 2.75) is 0 Å². The predicted molar refractivity (Wildman–Crippen MR) is 59.1 cm³/mol. The second-order valence-corrected chi connectivity index (χ2v) is 3.18. The molecule has 3 nitrogen and oxygen atoms in total. The zero-order chi connectivity index (χ0) is 9.80. The molecule has 70 valence electrons. The van der Waals surface area contributed by atoms with Crippen LogP contribution in [0.4, 0.5) is 0 Å². The molecule has 0 saturated heterocycles. The van der Waals surface area contributed by atoms with Crippen molar-refractivity contribution in [3.05, 3.63) is 46.5 Å². The van der Waals surface area contributed by atoms with Crippen LogP contribution in [-0.4, -0.2) is 15.2 Å². The Kier molecular flexibility index (Phi) is 2.55. The summed E-state index contributed by atoms with van der Waals surface area (Å²) in [5.74, 6) is 0.735. The van der Waals surface area contributed by atoms with E-state index in [2.05, 4.69) is 15.2 Å². The highest BCUT2D eigenvalue weighted by atomic mass is 32.1. The molecule has 4 heteroatoms. The Balaban J connectivity index is 2.19. The molecule has 0 bridgehead atoms. The highest BCUT2D eigenvalue weighted by Crippen LogP contribution is 2.03. The van der Waals surface area contributed by atoms with E-state index in [4.69, 9.17) is 12.2 Å². The first-order valence-electron chi connectivity index (χ1n) is 4.22. The van der Waals surface area contributed by atoms with Crippen LogP contribution in [0, 0.1) is 4.77 Å². The Hall–Kier alpha value is -1.68. The van der Waals surface area contributed by atoms with Crippen molar-refractivity contribution in [2.75, 3.05) is 0 Å². The van der Waals surface area contributed by atoms with Gasteiger partial charge in [0.15, 0.2) is 0 Å². The second kappa shape index (κ2) is 4.02. The molecule has 0 radical (unpaired) electrons. The van der Waals surface area contributed by atoms with Crippen molar-refractivity contribution in [1.82, 2.24) is 15.2 Å². The van der Waals surface area contributed by atoms with Crippen molar-refractivity contribution < 1.29 is 0 Å². The first-order valence-corrected chi connectivity index (χ1v) is 4.63. The van der Waals surface area contributed by atoms with E-state index in [1.165, 1.54) is 0 Å². The van der Waals surface area contributed by atoms with E-state index in [1.54, 1.807) is 0 Å². The SMILES string of the molecule is S=c1nc(C=Cc2ccccc2)[nH][nH]1. The maximum Gasteiger partial charge on any atom is 0.213 e. The fourth-order valence-electron chi connectivity index (χ4n) is 1.10. The van der Waals surface area contributed by atoms with Gasteiger partial charge in [-0.25, -0.2) is 4.98 Å². The van der Waals surface area contributed by atoms with Crippen LogP contribution in [-0.2, 0) is 0 Å². The highest BCUT2D eigenvalue weighted by Gasteiger charge is 1.89. The minimum Gasteiger partial charge on any atom is -0.282 e. The molecule has 0 amide bonds. The molecular formula is C10H9N3S. The fourth-order valence-corrected chi connectivity index (χ4v) is 1.25. The van der Waals surface area contributed by atoms with Crippen LogP contribution in [0.2, 0.25) is 0 Å². The van der Waals surface area contributed by atoms with E-state index < -0.39 is 0 Å². The Morgan fingerprint density at radius 2 is 1.86 bits per heavy atom. The Labute approximate surface area is 86.5 Å². The molecule has 0 atom stereocenters. The fraction of sp³-hybridized carbons (Fsp3) is 0. The summed E-state index contributed by atoms with van der Waals surface area (Å²) in [5.41, 5.74) is 1.13. The molecule has 0 spiro atoms. The van der Waals surface area contributed by atoms with Gasteiger partial charge >= 0.3 is 0 Å². The van der Waals surface area contributed by atoms with Gasteiger partial charge in [-0.15, -0.1) is 0 Å². The van der Waals surface area contributed by atoms with Gasteiger partial charge < -0.3 is 0 Å². The average Bonchev–Trinajstić information content (AvgIpc) is 2.63. The minimum atomic E-state index is 0.470. The first-order chi connectivity index (χ1) is 6.84. The summed E-state index contributed by atoms with van der Waals surface area (Å²) in [4.78, 5) is 4.04. The van der Waals surface area contributed by atoms with Crippen molar-refractivity contribution in [3.8, 4) is 0 Å². The molecule has 0 fully saturated rings. The van der Waals surface area contributed by atoms with Crippen molar-refractivity contribution in [2.24, 2.45) is 0 Å². The van der Waals surface area contributed by atoms with Gasteiger partial charge in [-0.3, -0.25) is 10.2 Å². The van der Waals surface area contributed by atoms with E-state index in [0.717, 1.165) is 11.4 Å². The van der Waals surface area contributed by atoms with Crippen LogP contribution in [0.3, 0.4) is 0 Å². The minimum absolute atomic E-state index is 0.470. The zero-order valence-corrected chi connectivity index (χ0v) is 8.21. The highest BCUT2D eigenvalue weighted by molar-refractivity contribution is 7.71. The van der Waals surface area contributed by atoms with Gasteiger partial charge in [-0.05, 0) is 23.9 Å². The van der Waals surface area contributed by atoms with Crippen molar-refractivity contribution in [3.63, 3.8) is 0 Å². The van der Waals surface area contributed by atoms with E-state index in [0.29, 0.717) is 4.77 Å². The summed E-state index contributed by atoms with van der Waals surface area (Å²) in [7, 11) is 0. The molecule has 1 aromatic carbocycles. The van der Waals surface area contributed by atoms with E-state index in [-0.39, 0.29) is 0 Å². The van der Waals surface area contributed by atoms with Gasteiger partial charge in [0.1, 0.15) is 5.82 Å². The van der Waals surface area contributed by atoms with Crippen LogP contribution in [0.1, 0.15) is 11.4 Å². The van der Waals surface area contributed by atoms with Crippen molar-refractivity contribution in [1.29, 1.82) is 0 Å². The number of H-pyrrole nitrogens is 2. The summed E-state index contributed by atoms with van der Waals surface area (Å²) in [5, 5.41) is 5.58. The number of nitrogens with zero attached hydrogens (tertiary/aromatic N) is 1. The predicted octanol–water partition coefficient (Wildman–Crippen LogP) is 2.64. The van der Waals surface area contributed by atoms with Crippen LogP contribution >= 0.6 is 12.2 Å². The molecule has 1 aromatic heterocycles. The number of nitrogens with one attached hydrogen (secondary N) is 2. The quantitative estimate of drug-likeness (QED) is 0.737.